The Morgan fingerprint density at radius 3 is 2.64 bits per heavy atom. The number of aliphatic hydroxyl groups is 1. The van der Waals surface area contributed by atoms with E-state index in [0.717, 1.165) is 13.1 Å². The molecule has 0 spiro atoms. The Balaban J connectivity index is 2.00. The van der Waals surface area contributed by atoms with Crippen molar-refractivity contribution < 1.29 is 5.11 Å². The smallest absolute Gasteiger partial charge is 0.127 e. The van der Waals surface area contributed by atoms with Gasteiger partial charge in [-0.05, 0) is 18.6 Å². The van der Waals surface area contributed by atoms with E-state index in [-0.39, 0.29) is 0 Å². The number of benzene rings is 1. The summed E-state index contributed by atoms with van der Waals surface area (Å²) in [7, 11) is 0. The predicted octanol–water partition coefficient (Wildman–Crippen LogP) is 1.77. The van der Waals surface area contributed by atoms with Crippen LogP contribution < -0.4 is 0 Å². The Morgan fingerprint density at radius 1 is 1.36 bits per heavy atom. The van der Waals surface area contributed by atoms with Crippen LogP contribution in [0, 0.1) is 0 Å². The molecule has 0 radical (unpaired) electrons. The molecule has 1 aromatic carbocycles. The molecule has 1 heterocycles. The zero-order valence-electron chi connectivity index (χ0n) is 8.35. The molecule has 2 nitrogen and oxygen atoms in total. The van der Waals surface area contributed by atoms with E-state index in [2.05, 4.69) is 12.1 Å². The van der Waals surface area contributed by atoms with Crippen LogP contribution in [0.15, 0.2) is 42.0 Å². The van der Waals surface area contributed by atoms with Gasteiger partial charge in [0.2, 0.25) is 0 Å². The third-order valence-electron chi connectivity index (χ3n) is 2.49. The first kappa shape index (κ1) is 9.44. The van der Waals surface area contributed by atoms with Gasteiger partial charge in [-0.1, -0.05) is 35.9 Å². The molecule has 0 fully saturated rings. The summed E-state index contributed by atoms with van der Waals surface area (Å²) in [6.07, 6.45) is 1.50. The molecule has 2 heteroatoms. The third kappa shape index (κ3) is 2.03. The molecule has 1 unspecified atom stereocenters. The molecular formula is C12H15NO. The average Bonchev–Trinajstić information content (AvgIpc) is 2.47. The Bertz CT molecular complexity index is 331. The van der Waals surface area contributed by atoms with Gasteiger partial charge in [-0.15, -0.1) is 0 Å². The van der Waals surface area contributed by atoms with Gasteiger partial charge in [-0.25, -0.2) is 0 Å². The fraction of sp³-hybridized carbons (Fsp3) is 0.333. The van der Waals surface area contributed by atoms with Gasteiger partial charge in [0.25, 0.3) is 0 Å². The molecule has 1 atom stereocenters. The number of rotatable bonds is 2. The highest BCUT2D eigenvalue weighted by molar-refractivity contribution is 5.17. The van der Waals surface area contributed by atoms with Crippen molar-refractivity contribution in [3.05, 3.63) is 47.5 Å². The summed E-state index contributed by atoms with van der Waals surface area (Å²) in [6, 6.07) is 10.2. The zero-order chi connectivity index (χ0) is 9.97. The highest BCUT2D eigenvalue weighted by Gasteiger charge is 2.19. The van der Waals surface area contributed by atoms with E-state index in [1.54, 1.807) is 0 Å². The molecule has 0 aliphatic carbocycles. The summed E-state index contributed by atoms with van der Waals surface area (Å²) < 4.78 is 0. The van der Waals surface area contributed by atoms with Crippen molar-refractivity contribution in [2.75, 3.05) is 6.54 Å². The molecule has 2 rings (SSSR count). The number of hydrogen-bond acceptors (Lipinski definition) is 2. The molecule has 0 saturated carbocycles. The fourth-order valence-electron chi connectivity index (χ4n) is 1.79. The van der Waals surface area contributed by atoms with E-state index in [1.165, 1.54) is 11.1 Å². The van der Waals surface area contributed by atoms with Gasteiger partial charge >= 0.3 is 0 Å². The van der Waals surface area contributed by atoms with E-state index in [1.807, 2.05) is 36.1 Å². The van der Waals surface area contributed by atoms with E-state index in [0.29, 0.717) is 0 Å². The zero-order valence-corrected chi connectivity index (χ0v) is 8.35. The summed E-state index contributed by atoms with van der Waals surface area (Å²) in [5.74, 6) is 0. The van der Waals surface area contributed by atoms with Gasteiger partial charge < -0.3 is 5.11 Å². The molecule has 1 aliphatic heterocycles. The molecule has 14 heavy (non-hydrogen) atoms. The molecule has 74 valence electrons. The Labute approximate surface area is 84.5 Å². The molecule has 1 aromatic rings. The second-order valence-corrected chi connectivity index (χ2v) is 3.82. The Kier molecular flexibility index (Phi) is 2.66. The van der Waals surface area contributed by atoms with Crippen LogP contribution in [-0.2, 0) is 6.54 Å². The number of nitrogens with zero attached hydrogens (tertiary/aromatic N) is 1. The van der Waals surface area contributed by atoms with Crippen molar-refractivity contribution >= 4 is 0 Å². The van der Waals surface area contributed by atoms with Crippen molar-refractivity contribution in [3.8, 4) is 0 Å². The SMILES string of the molecule is CC1=CC(O)N(Cc2ccccc2)C1. The van der Waals surface area contributed by atoms with Crippen molar-refractivity contribution in [3.63, 3.8) is 0 Å². The van der Waals surface area contributed by atoms with E-state index in [9.17, 15) is 5.11 Å². The molecular weight excluding hydrogens is 174 g/mol. The minimum atomic E-state index is -0.407. The predicted molar refractivity (Wildman–Crippen MR) is 56.6 cm³/mol. The molecule has 0 bridgehead atoms. The maximum absolute atomic E-state index is 9.67. The Hall–Kier alpha value is -1.12. The van der Waals surface area contributed by atoms with Crippen molar-refractivity contribution in [1.82, 2.24) is 4.90 Å². The first-order chi connectivity index (χ1) is 6.75. The monoisotopic (exact) mass is 189 g/mol. The quantitative estimate of drug-likeness (QED) is 0.717. The second kappa shape index (κ2) is 3.95. The van der Waals surface area contributed by atoms with Crippen LogP contribution in [-0.4, -0.2) is 22.8 Å². The van der Waals surface area contributed by atoms with Crippen LogP contribution in [0.4, 0.5) is 0 Å². The van der Waals surface area contributed by atoms with Crippen LogP contribution in [0.3, 0.4) is 0 Å². The summed E-state index contributed by atoms with van der Waals surface area (Å²) in [5, 5.41) is 9.67. The minimum absolute atomic E-state index is 0.407. The maximum Gasteiger partial charge on any atom is 0.127 e. The van der Waals surface area contributed by atoms with E-state index >= 15 is 0 Å². The highest BCUT2D eigenvalue weighted by Crippen LogP contribution is 2.16. The Morgan fingerprint density at radius 2 is 2.07 bits per heavy atom. The highest BCUT2D eigenvalue weighted by atomic mass is 16.3. The van der Waals surface area contributed by atoms with Crippen molar-refractivity contribution in [1.29, 1.82) is 0 Å². The topological polar surface area (TPSA) is 23.5 Å². The number of hydrogen-bond donors (Lipinski definition) is 1. The lowest BCUT2D eigenvalue weighted by Crippen LogP contribution is -2.29. The van der Waals surface area contributed by atoms with E-state index in [4.69, 9.17) is 0 Å². The lowest BCUT2D eigenvalue weighted by molar-refractivity contribution is 0.0568. The van der Waals surface area contributed by atoms with Gasteiger partial charge in [-0.3, -0.25) is 4.90 Å². The van der Waals surface area contributed by atoms with Crippen molar-refractivity contribution in [2.45, 2.75) is 19.7 Å². The first-order valence-electron chi connectivity index (χ1n) is 4.89. The van der Waals surface area contributed by atoms with Gasteiger partial charge in [0.05, 0.1) is 0 Å². The van der Waals surface area contributed by atoms with Crippen LogP contribution in [0.5, 0.6) is 0 Å². The molecule has 0 amide bonds. The summed E-state index contributed by atoms with van der Waals surface area (Å²) >= 11 is 0. The van der Waals surface area contributed by atoms with Gasteiger partial charge in [0, 0.05) is 13.1 Å². The van der Waals surface area contributed by atoms with Crippen molar-refractivity contribution in [2.24, 2.45) is 0 Å². The van der Waals surface area contributed by atoms with E-state index < -0.39 is 6.23 Å². The second-order valence-electron chi connectivity index (χ2n) is 3.82. The van der Waals surface area contributed by atoms with Crippen LogP contribution in [0.25, 0.3) is 0 Å². The standard InChI is InChI=1S/C12H15NO/c1-10-7-12(14)13(8-10)9-11-5-3-2-4-6-11/h2-7,12,14H,8-9H2,1H3. The average molecular weight is 189 g/mol. The minimum Gasteiger partial charge on any atom is -0.375 e. The maximum atomic E-state index is 9.67. The van der Waals surface area contributed by atoms with Crippen LogP contribution in [0.2, 0.25) is 0 Å². The lowest BCUT2D eigenvalue weighted by Gasteiger charge is -2.19. The van der Waals surface area contributed by atoms with Gasteiger partial charge in [0.1, 0.15) is 6.23 Å². The molecule has 1 aliphatic rings. The first-order valence-corrected chi connectivity index (χ1v) is 4.89. The number of aliphatic hydroxyl groups excluding tert-OH is 1. The third-order valence-corrected chi connectivity index (χ3v) is 2.49. The summed E-state index contributed by atoms with van der Waals surface area (Å²) in [4.78, 5) is 2.05. The normalized spacial score (nSPS) is 22.4. The van der Waals surface area contributed by atoms with Crippen LogP contribution >= 0.6 is 0 Å². The van der Waals surface area contributed by atoms with Gasteiger partial charge in [-0.2, -0.15) is 0 Å². The largest absolute Gasteiger partial charge is 0.375 e. The molecule has 0 aromatic heterocycles. The molecule has 1 N–H and O–H groups in total. The molecule has 0 saturated heterocycles. The fourth-order valence-corrected chi connectivity index (χ4v) is 1.79. The summed E-state index contributed by atoms with van der Waals surface area (Å²) in [5.41, 5.74) is 2.49. The van der Waals surface area contributed by atoms with Crippen LogP contribution in [0.1, 0.15) is 12.5 Å². The van der Waals surface area contributed by atoms with Gasteiger partial charge in [0.15, 0.2) is 0 Å². The lowest BCUT2D eigenvalue weighted by atomic mass is 10.2. The summed E-state index contributed by atoms with van der Waals surface area (Å²) in [6.45, 7) is 3.74.